The zero-order valence-electron chi connectivity index (χ0n) is 9.13. The van der Waals surface area contributed by atoms with Crippen molar-refractivity contribution in [2.75, 3.05) is 20.7 Å². The number of benzene rings is 1. The zero-order valence-corrected chi connectivity index (χ0v) is 9.13. The Kier molecular flexibility index (Phi) is 3.68. The minimum Gasteiger partial charge on any atom is -0.507 e. The van der Waals surface area contributed by atoms with Gasteiger partial charge in [-0.3, -0.25) is 4.79 Å². The number of ketones is 1. The molecule has 1 aromatic rings. The molecule has 0 saturated carbocycles. The first-order valence-corrected chi connectivity index (χ1v) is 4.65. The van der Waals surface area contributed by atoms with E-state index in [2.05, 4.69) is 5.32 Å². The number of hydrogen-bond acceptors (Lipinski definition) is 4. The molecule has 0 unspecified atom stereocenters. The fourth-order valence-electron chi connectivity index (χ4n) is 1.37. The molecule has 4 nitrogen and oxygen atoms in total. The number of aromatic hydroxyl groups is 1. The molecule has 82 valence electrons. The van der Waals surface area contributed by atoms with E-state index in [4.69, 9.17) is 4.74 Å². The number of carbonyl (C=O) groups excluding carboxylic acids is 1. The minimum atomic E-state index is -0.159. The van der Waals surface area contributed by atoms with Gasteiger partial charge in [0, 0.05) is 0 Å². The van der Waals surface area contributed by atoms with Crippen LogP contribution in [0.5, 0.6) is 11.5 Å². The lowest BCUT2D eigenvalue weighted by atomic mass is 10.1. The van der Waals surface area contributed by atoms with Gasteiger partial charge in [-0.15, -0.1) is 0 Å². The highest BCUT2D eigenvalue weighted by Gasteiger charge is 2.13. The van der Waals surface area contributed by atoms with E-state index in [0.717, 1.165) is 5.56 Å². The van der Waals surface area contributed by atoms with Crippen molar-refractivity contribution in [1.82, 2.24) is 5.32 Å². The molecule has 0 radical (unpaired) electrons. The van der Waals surface area contributed by atoms with Crippen LogP contribution in [-0.4, -0.2) is 31.6 Å². The van der Waals surface area contributed by atoms with Gasteiger partial charge in [0.2, 0.25) is 0 Å². The lowest BCUT2D eigenvalue weighted by Gasteiger charge is -2.09. The van der Waals surface area contributed by atoms with Gasteiger partial charge in [-0.1, -0.05) is 0 Å². The molecule has 1 aromatic carbocycles. The summed E-state index contributed by atoms with van der Waals surface area (Å²) in [5.41, 5.74) is 1.09. The Morgan fingerprint density at radius 2 is 2.20 bits per heavy atom. The standard InChI is InChI=1S/C11H15NO3/c1-7-4-9(13)8(5-11(7)15-3)10(14)6-12-2/h4-5,12-13H,6H2,1-3H3. The van der Waals surface area contributed by atoms with Gasteiger partial charge in [-0.25, -0.2) is 0 Å². The number of aryl methyl sites for hydroxylation is 1. The van der Waals surface area contributed by atoms with E-state index in [9.17, 15) is 9.90 Å². The van der Waals surface area contributed by atoms with Crippen molar-refractivity contribution >= 4 is 5.78 Å². The van der Waals surface area contributed by atoms with E-state index >= 15 is 0 Å². The number of hydrogen-bond donors (Lipinski definition) is 2. The summed E-state index contributed by atoms with van der Waals surface area (Å²) in [5, 5.41) is 12.3. The smallest absolute Gasteiger partial charge is 0.180 e. The van der Waals surface area contributed by atoms with Crippen LogP contribution >= 0.6 is 0 Å². The van der Waals surface area contributed by atoms with Crippen molar-refractivity contribution in [3.05, 3.63) is 23.3 Å². The maximum absolute atomic E-state index is 11.6. The van der Waals surface area contributed by atoms with Crippen molar-refractivity contribution < 1.29 is 14.6 Å². The van der Waals surface area contributed by atoms with Crippen LogP contribution < -0.4 is 10.1 Å². The molecule has 0 atom stereocenters. The van der Waals surface area contributed by atoms with E-state index in [0.29, 0.717) is 5.75 Å². The third kappa shape index (κ3) is 2.47. The van der Waals surface area contributed by atoms with E-state index < -0.39 is 0 Å². The lowest BCUT2D eigenvalue weighted by molar-refractivity contribution is 0.0990. The summed E-state index contributed by atoms with van der Waals surface area (Å²) >= 11 is 0. The number of ether oxygens (including phenoxy) is 1. The molecule has 15 heavy (non-hydrogen) atoms. The molecule has 0 bridgehead atoms. The van der Waals surface area contributed by atoms with Crippen LogP contribution in [0, 0.1) is 6.92 Å². The van der Waals surface area contributed by atoms with Gasteiger partial charge in [0.15, 0.2) is 5.78 Å². The van der Waals surface area contributed by atoms with Crippen LogP contribution in [0.4, 0.5) is 0 Å². The first-order valence-electron chi connectivity index (χ1n) is 4.65. The molecule has 0 aromatic heterocycles. The maximum atomic E-state index is 11.6. The zero-order chi connectivity index (χ0) is 11.4. The normalized spacial score (nSPS) is 10.1. The van der Waals surface area contributed by atoms with Crippen LogP contribution in [0.2, 0.25) is 0 Å². The number of likely N-dealkylation sites (N-methyl/N-ethyl adjacent to an activating group) is 1. The van der Waals surface area contributed by atoms with Crippen LogP contribution in [0.1, 0.15) is 15.9 Å². The van der Waals surface area contributed by atoms with Gasteiger partial charge in [0.25, 0.3) is 0 Å². The molecule has 0 aliphatic heterocycles. The molecule has 4 heteroatoms. The lowest BCUT2D eigenvalue weighted by Crippen LogP contribution is -2.18. The van der Waals surface area contributed by atoms with Crippen LogP contribution in [0.15, 0.2) is 12.1 Å². The highest BCUT2D eigenvalue weighted by atomic mass is 16.5. The number of phenolic OH excluding ortho intramolecular Hbond substituents is 1. The predicted octanol–water partition coefficient (Wildman–Crippen LogP) is 1.11. The summed E-state index contributed by atoms with van der Waals surface area (Å²) in [7, 11) is 3.21. The molecule has 0 amide bonds. The molecule has 2 N–H and O–H groups in total. The van der Waals surface area contributed by atoms with Gasteiger partial charge in [0.1, 0.15) is 11.5 Å². The number of methoxy groups -OCH3 is 1. The van der Waals surface area contributed by atoms with Crippen molar-refractivity contribution in [3.8, 4) is 11.5 Å². The summed E-state index contributed by atoms with van der Waals surface area (Å²) < 4.78 is 5.09. The Morgan fingerprint density at radius 3 is 2.73 bits per heavy atom. The molecular formula is C11H15NO3. The fraction of sp³-hybridized carbons (Fsp3) is 0.364. The molecular weight excluding hydrogens is 194 g/mol. The SMILES string of the molecule is CNCC(=O)c1cc(OC)c(C)cc1O. The molecule has 0 aliphatic rings. The number of phenols is 1. The highest BCUT2D eigenvalue weighted by molar-refractivity contribution is 6.00. The fourth-order valence-corrected chi connectivity index (χ4v) is 1.37. The molecule has 1 rings (SSSR count). The molecule has 0 saturated heterocycles. The summed E-state index contributed by atoms with van der Waals surface area (Å²) in [6, 6.07) is 3.09. The van der Waals surface area contributed by atoms with Crippen molar-refractivity contribution in [2.45, 2.75) is 6.92 Å². The second-order valence-electron chi connectivity index (χ2n) is 3.29. The van der Waals surface area contributed by atoms with Crippen LogP contribution in [0.25, 0.3) is 0 Å². The third-order valence-electron chi connectivity index (χ3n) is 2.15. The molecule has 0 aliphatic carbocycles. The monoisotopic (exact) mass is 209 g/mol. The molecule has 0 spiro atoms. The predicted molar refractivity (Wildman–Crippen MR) is 57.7 cm³/mol. The quantitative estimate of drug-likeness (QED) is 0.729. The topological polar surface area (TPSA) is 58.6 Å². The van der Waals surface area contributed by atoms with Crippen molar-refractivity contribution in [1.29, 1.82) is 0 Å². The Morgan fingerprint density at radius 1 is 1.53 bits per heavy atom. The molecule has 0 fully saturated rings. The third-order valence-corrected chi connectivity index (χ3v) is 2.15. The van der Waals surface area contributed by atoms with Crippen LogP contribution in [-0.2, 0) is 0 Å². The van der Waals surface area contributed by atoms with Gasteiger partial charge in [-0.2, -0.15) is 0 Å². The Hall–Kier alpha value is -1.55. The Balaban J connectivity index is 3.12. The number of carbonyl (C=O) groups is 1. The van der Waals surface area contributed by atoms with Gasteiger partial charge in [0.05, 0.1) is 19.2 Å². The van der Waals surface area contributed by atoms with Crippen molar-refractivity contribution in [3.63, 3.8) is 0 Å². The second kappa shape index (κ2) is 4.79. The number of nitrogens with one attached hydrogen (secondary N) is 1. The number of rotatable bonds is 4. The van der Waals surface area contributed by atoms with E-state index in [1.807, 2.05) is 6.92 Å². The van der Waals surface area contributed by atoms with Gasteiger partial charge in [-0.05, 0) is 31.7 Å². The average Bonchev–Trinajstić information content (AvgIpc) is 2.18. The van der Waals surface area contributed by atoms with Crippen molar-refractivity contribution in [2.24, 2.45) is 0 Å². The number of Topliss-reactive ketones (excluding diaryl/α,β-unsaturated/α-hetero) is 1. The maximum Gasteiger partial charge on any atom is 0.180 e. The first-order chi connectivity index (χ1) is 7.10. The van der Waals surface area contributed by atoms with Crippen LogP contribution in [0.3, 0.4) is 0 Å². The summed E-state index contributed by atoms with van der Waals surface area (Å²) in [4.78, 5) is 11.6. The largest absolute Gasteiger partial charge is 0.507 e. The Bertz CT molecular complexity index is 374. The van der Waals surface area contributed by atoms with E-state index in [1.165, 1.54) is 13.2 Å². The van der Waals surface area contributed by atoms with Gasteiger partial charge >= 0.3 is 0 Å². The summed E-state index contributed by atoms with van der Waals surface area (Å²) in [6.07, 6.45) is 0. The van der Waals surface area contributed by atoms with E-state index in [-0.39, 0.29) is 23.6 Å². The summed E-state index contributed by atoms with van der Waals surface area (Å²) in [6.45, 7) is 2.00. The second-order valence-corrected chi connectivity index (χ2v) is 3.29. The summed E-state index contributed by atoms with van der Waals surface area (Å²) in [5.74, 6) is 0.439. The van der Waals surface area contributed by atoms with Gasteiger partial charge < -0.3 is 15.2 Å². The molecule has 0 heterocycles. The average molecular weight is 209 g/mol. The Labute approximate surface area is 88.9 Å². The van der Waals surface area contributed by atoms with E-state index in [1.54, 1.807) is 13.1 Å². The minimum absolute atomic E-state index is 0.00597. The highest BCUT2D eigenvalue weighted by Crippen LogP contribution is 2.27. The first kappa shape index (κ1) is 11.5.